The number of hydrogen-bond donors (Lipinski definition) is 0. The van der Waals surface area contributed by atoms with E-state index in [0.717, 1.165) is 26.1 Å². The van der Waals surface area contributed by atoms with Crippen LogP contribution in [0.2, 0.25) is 45.8 Å². The third-order valence-electron chi connectivity index (χ3n) is 3.78. The third-order valence-corrected chi connectivity index (χ3v) is 15.3. The van der Waals surface area contributed by atoms with Crippen LogP contribution in [0, 0.1) is 0 Å². The van der Waals surface area contributed by atoms with Crippen molar-refractivity contribution in [2.24, 2.45) is 0 Å². The molecule has 0 bridgehead atoms. The van der Waals surface area contributed by atoms with Gasteiger partial charge in [0.2, 0.25) is 0 Å². The molecule has 0 radical (unpaired) electrons. The minimum Gasteiger partial charge on any atom is -0.394 e. The second-order valence-corrected chi connectivity index (χ2v) is 21.6. The molecule has 0 saturated heterocycles. The van der Waals surface area contributed by atoms with Gasteiger partial charge in [0.25, 0.3) is 0 Å². The van der Waals surface area contributed by atoms with E-state index in [1.54, 1.807) is 0 Å². The zero-order valence-electron chi connectivity index (χ0n) is 16.2. The average molecular weight is 350 g/mol. The molecule has 0 aliphatic rings. The summed E-state index contributed by atoms with van der Waals surface area (Å²) in [6.45, 7) is 25.3. The molecular weight excluding hydrogens is 310 g/mol. The van der Waals surface area contributed by atoms with Crippen LogP contribution in [-0.2, 0) is 8.85 Å². The van der Waals surface area contributed by atoms with E-state index in [2.05, 4.69) is 70.8 Å². The van der Waals surface area contributed by atoms with Crippen molar-refractivity contribution in [3.05, 3.63) is 0 Å². The Labute approximate surface area is 136 Å². The lowest BCUT2D eigenvalue weighted by Crippen LogP contribution is -2.70. The molecule has 0 aliphatic carbocycles. The van der Waals surface area contributed by atoms with Gasteiger partial charge in [-0.15, -0.1) is 0 Å². The van der Waals surface area contributed by atoms with Crippen LogP contribution in [0.15, 0.2) is 0 Å². The standard InChI is InChI=1S/C15H39NO2Si3/c1-11-13-17-21(10,18-14-12-2)15(3)16(19(4,5)6)20(7,8)9/h15H,11-14H2,1-10H3. The molecule has 0 aromatic heterocycles. The highest BCUT2D eigenvalue weighted by molar-refractivity contribution is 6.91. The van der Waals surface area contributed by atoms with E-state index in [1.165, 1.54) is 0 Å². The van der Waals surface area contributed by atoms with Crippen molar-refractivity contribution in [2.45, 2.75) is 85.1 Å². The first-order valence-electron chi connectivity index (χ1n) is 8.47. The van der Waals surface area contributed by atoms with E-state index in [9.17, 15) is 0 Å². The Bertz CT molecular complexity index is 278. The first kappa shape index (κ1) is 21.5. The van der Waals surface area contributed by atoms with Crippen molar-refractivity contribution < 1.29 is 8.85 Å². The first-order chi connectivity index (χ1) is 9.40. The maximum absolute atomic E-state index is 6.33. The van der Waals surface area contributed by atoms with E-state index >= 15 is 0 Å². The summed E-state index contributed by atoms with van der Waals surface area (Å²) >= 11 is 0. The molecule has 0 aromatic rings. The van der Waals surface area contributed by atoms with Gasteiger partial charge in [-0.05, 0) is 26.3 Å². The molecule has 0 fully saturated rings. The SMILES string of the molecule is CCCO[Si](C)(OCCC)C(C)N([Si](C)(C)C)[Si](C)(C)C. The Morgan fingerprint density at radius 1 is 0.762 bits per heavy atom. The van der Waals surface area contributed by atoms with Crippen molar-refractivity contribution in [2.75, 3.05) is 13.2 Å². The van der Waals surface area contributed by atoms with Gasteiger partial charge in [0.05, 0.1) is 0 Å². The molecule has 0 spiro atoms. The number of hydrogen-bond acceptors (Lipinski definition) is 3. The largest absolute Gasteiger partial charge is 0.394 e. The minimum absolute atomic E-state index is 0.425. The van der Waals surface area contributed by atoms with Crippen LogP contribution in [0.3, 0.4) is 0 Å². The monoisotopic (exact) mass is 349 g/mol. The highest BCUT2D eigenvalue weighted by atomic mass is 28.4. The highest BCUT2D eigenvalue weighted by Crippen LogP contribution is 2.29. The summed E-state index contributed by atoms with van der Waals surface area (Å²) in [6.07, 6.45) is 2.12. The Balaban J connectivity index is 5.43. The molecule has 3 nitrogen and oxygen atoms in total. The molecule has 0 rings (SSSR count). The van der Waals surface area contributed by atoms with Gasteiger partial charge >= 0.3 is 8.56 Å². The lowest BCUT2D eigenvalue weighted by atomic mass is 10.5. The summed E-state index contributed by atoms with van der Waals surface area (Å²) in [7, 11) is -4.99. The minimum atomic E-state index is -2.18. The van der Waals surface area contributed by atoms with Gasteiger partial charge in [-0.3, -0.25) is 0 Å². The van der Waals surface area contributed by atoms with Crippen LogP contribution in [-0.4, -0.2) is 48.1 Å². The lowest BCUT2D eigenvalue weighted by Gasteiger charge is -2.51. The maximum Gasteiger partial charge on any atom is 0.351 e. The predicted octanol–water partition coefficient (Wildman–Crippen LogP) is 4.81. The van der Waals surface area contributed by atoms with Crippen LogP contribution in [0.5, 0.6) is 0 Å². The molecular formula is C15H39NO2Si3. The smallest absolute Gasteiger partial charge is 0.351 e. The number of rotatable bonds is 10. The fraction of sp³-hybridized carbons (Fsp3) is 1.00. The molecule has 0 N–H and O–H groups in total. The summed E-state index contributed by atoms with van der Waals surface area (Å²) in [4.78, 5) is 0. The lowest BCUT2D eigenvalue weighted by molar-refractivity contribution is 0.156. The molecule has 0 aromatic carbocycles. The van der Waals surface area contributed by atoms with Crippen LogP contribution >= 0.6 is 0 Å². The zero-order valence-corrected chi connectivity index (χ0v) is 19.2. The zero-order chi connectivity index (χ0) is 16.9. The molecule has 6 heteroatoms. The van der Waals surface area contributed by atoms with Crippen LogP contribution in [0.25, 0.3) is 0 Å². The fourth-order valence-electron chi connectivity index (χ4n) is 3.29. The van der Waals surface area contributed by atoms with Crippen LogP contribution in [0.1, 0.15) is 33.6 Å². The Morgan fingerprint density at radius 2 is 1.10 bits per heavy atom. The van der Waals surface area contributed by atoms with Crippen molar-refractivity contribution in [3.63, 3.8) is 0 Å². The summed E-state index contributed by atoms with van der Waals surface area (Å²) in [5.41, 5.74) is 0.425. The molecule has 0 heterocycles. The van der Waals surface area contributed by atoms with Gasteiger partial charge in [-0.1, -0.05) is 53.1 Å². The van der Waals surface area contributed by atoms with Gasteiger partial charge in [0.15, 0.2) is 0 Å². The Kier molecular flexibility index (Phi) is 8.61. The summed E-state index contributed by atoms with van der Waals surface area (Å²) in [5, 5.41) is 0. The number of nitrogens with zero attached hydrogens (tertiary/aromatic N) is 1. The highest BCUT2D eigenvalue weighted by Gasteiger charge is 2.48. The van der Waals surface area contributed by atoms with Crippen molar-refractivity contribution in [1.29, 1.82) is 0 Å². The molecule has 0 amide bonds. The first-order valence-corrected chi connectivity index (χ1v) is 17.8. The van der Waals surface area contributed by atoms with Gasteiger partial charge in [-0.25, -0.2) is 0 Å². The third kappa shape index (κ3) is 6.66. The van der Waals surface area contributed by atoms with Gasteiger partial charge in [0.1, 0.15) is 16.5 Å². The quantitative estimate of drug-likeness (QED) is 0.528. The molecule has 0 saturated carbocycles. The topological polar surface area (TPSA) is 21.7 Å². The van der Waals surface area contributed by atoms with Gasteiger partial charge in [-0.2, -0.15) is 0 Å². The van der Waals surface area contributed by atoms with Gasteiger partial charge < -0.3 is 13.1 Å². The molecule has 1 atom stereocenters. The molecule has 1 unspecified atom stereocenters. The van der Waals surface area contributed by atoms with Crippen LogP contribution in [0.4, 0.5) is 0 Å². The summed E-state index contributed by atoms with van der Waals surface area (Å²) in [5.74, 6) is 0. The van der Waals surface area contributed by atoms with E-state index in [4.69, 9.17) is 8.85 Å². The van der Waals surface area contributed by atoms with Crippen molar-refractivity contribution in [3.8, 4) is 0 Å². The van der Waals surface area contributed by atoms with Gasteiger partial charge in [0, 0.05) is 18.9 Å². The van der Waals surface area contributed by atoms with E-state index < -0.39 is 25.0 Å². The second-order valence-electron chi connectivity index (χ2n) is 8.10. The van der Waals surface area contributed by atoms with Crippen molar-refractivity contribution >= 4 is 25.0 Å². The molecule has 21 heavy (non-hydrogen) atoms. The normalized spacial score (nSPS) is 15.6. The van der Waals surface area contributed by atoms with E-state index in [-0.39, 0.29) is 0 Å². The maximum atomic E-state index is 6.33. The van der Waals surface area contributed by atoms with Crippen LogP contribution < -0.4 is 0 Å². The van der Waals surface area contributed by atoms with E-state index in [0.29, 0.717) is 5.67 Å². The Morgan fingerprint density at radius 3 is 1.33 bits per heavy atom. The van der Waals surface area contributed by atoms with Crippen molar-refractivity contribution in [1.82, 2.24) is 4.23 Å². The predicted molar refractivity (Wildman–Crippen MR) is 102 cm³/mol. The molecule has 0 aliphatic heterocycles. The molecule has 128 valence electrons. The average Bonchev–Trinajstić information content (AvgIpc) is 2.30. The fourth-order valence-corrected chi connectivity index (χ4v) is 19.7. The van der Waals surface area contributed by atoms with E-state index in [1.807, 2.05) is 0 Å². The summed E-state index contributed by atoms with van der Waals surface area (Å²) < 4.78 is 15.5. The summed E-state index contributed by atoms with van der Waals surface area (Å²) in [6, 6.07) is 0. The second kappa shape index (κ2) is 8.40. The Hall–Kier alpha value is 0.531.